The van der Waals surface area contributed by atoms with Crippen molar-refractivity contribution in [2.75, 3.05) is 13.2 Å². The van der Waals surface area contributed by atoms with Crippen LogP contribution in [0.15, 0.2) is 49.1 Å². The molecule has 3 heteroatoms. The van der Waals surface area contributed by atoms with Crippen LogP contribution in [-0.4, -0.2) is 19.1 Å². The molecule has 148 valence electrons. The van der Waals surface area contributed by atoms with Crippen LogP contribution < -0.4 is 10.1 Å². The molecular weight excluding hydrogens is 346 g/mol. The van der Waals surface area contributed by atoms with E-state index in [1.165, 1.54) is 53.2 Å². The van der Waals surface area contributed by atoms with Crippen molar-refractivity contribution in [3.05, 3.63) is 65.7 Å². The number of carbonyl (C=O) groups excluding carboxylic acids is 1. The van der Waals surface area contributed by atoms with Crippen molar-refractivity contribution in [1.29, 1.82) is 0 Å². The second-order valence-electron chi connectivity index (χ2n) is 8.01. The monoisotopic (exact) mass is 377 g/mol. The van der Waals surface area contributed by atoms with Crippen molar-refractivity contribution in [1.82, 2.24) is 5.32 Å². The van der Waals surface area contributed by atoms with E-state index in [1.54, 1.807) is 0 Å². The van der Waals surface area contributed by atoms with E-state index in [0.717, 1.165) is 12.2 Å². The van der Waals surface area contributed by atoms with Gasteiger partial charge in [0.15, 0.2) is 0 Å². The van der Waals surface area contributed by atoms with Gasteiger partial charge in [0.1, 0.15) is 12.4 Å². The van der Waals surface area contributed by atoms with Crippen molar-refractivity contribution in [2.45, 2.75) is 51.9 Å². The van der Waals surface area contributed by atoms with Crippen LogP contribution in [0.4, 0.5) is 0 Å². The molecule has 0 atom stereocenters. The SMILES string of the molecule is C=CC(=O)NCCOc1ccc2c(c1)C(C)(C)c1cc(CCCCC)ccc1-2. The first-order chi connectivity index (χ1) is 13.5. The van der Waals surface area contributed by atoms with E-state index < -0.39 is 0 Å². The maximum absolute atomic E-state index is 11.2. The second-order valence-corrected chi connectivity index (χ2v) is 8.01. The Balaban J connectivity index is 1.75. The molecule has 0 bridgehead atoms. The highest BCUT2D eigenvalue weighted by atomic mass is 16.5. The van der Waals surface area contributed by atoms with Crippen LogP contribution in [0.2, 0.25) is 0 Å². The molecule has 0 radical (unpaired) electrons. The molecule has 28 heavy (non-hydrogen) atoms. The summed E-state index contributed by atoms with van der Waals surface area (Å²) < 4.78 is 5.86. The van der Waals surface area contributed by atoms with Crippen molar-refractivity contribution in [3.8, 4) is 16.9 Å². The topological polar surface area (TPSA) is 38.3 Å². The van der Waals surface area contributed by atoms with Crippen LogP contribution in [0, 0.1) is 0 Å². The maximum atomic E-state index is 11.2. The normalized spacial score (nSPS) is 13.5. The van der Waals surface area contributed by atoms with Gasteiger partial charge in [-0.2, -0.15) is 0 Å². The summed E-state index contributed by atoms with van der Waals surface area (Å²) in [5.74, 6) is 0.666. The lowest BCUT2D eigenvalue weighted by atomic mass is 9.81. The van der Waals surface area contributed by atoms with Crippen LogP contribution in [0.3, 0.4) is 0 Å². The molecule has 3 nitrogen and oxygen atoms in total. The van der Waals surface area contributed by atoms with Gasteiger partial charge in [-0.05, 0) is 58.9 Å². The number of amides is 1. The number of hydrogen-bond acceptors (Lipinski definition) is 2. The van der Waals surface area contributed by atoms with E-state index in [9.17, 15) is 4.79 Å². The lowest BCUT2D eigenvalue weighted by molar-refractivity contribution is -0.116. The van der Waals surface area contributed by atoms with E-state index in [0.29, 0.717) is 13.2 Å². The van der Waals surface area contributed by atoms with Crippen molar-refractivity contribution < 1.29 is 9.53 Å². The lowest BCUT2D eigenvalue weighted by Gasteiger charge is -2.22. The molecular formula is C25H31NO2. The van der Waals surface area contributed by atoms with E-state index in [2.05, 4.69) is 63.0 Å². The quantitative estimate of drug-likeness (QED) is 0.469. The number of carbonyl (C=O) groups is 1. The summed E-state index contributed by atoms with van der Waals surface area (Å²) in [6.45, 7) is 11.2. The summed E-state index contributed by atoms with van der Waals surface area (Å²) in [6.07, 6.45) is 6.21. The van der Waals surface area contributed by atoms with Gasteiger partial charge >= 0.3 is 0 Å². The molecule has 0 heterocycles. The van der Waals surface area contributed by atoms with Gasteiger partial charge in [-0.1, -0.05) is 64.5 Å². The molecule has 2 aromatic rings. The molecule has 3 rings (SSSR count). The average Bonchev–Trinajstić information content (AvgIpc) is 2.92. The van der Waals surface area contributed by atoms with Gasteiger partial charge in [0.05, 0.1) is 6.54 Å². The van der Waals surface area contributed by atoms with Crippen molar-refractivity contribution in [2.24, 2.45) is 0 Å². The predicted molar refractivity (Wildman–Crippen MR) is 116 cm³/mol. The number of rotatable bonds is 9. The fourth-order valence-electron chi connectivity index (χ4n) is 4.00. The zero-order chi connectivity index (χ0) is 20.1. The van der Waals surface area contributed by atoms with Gasteiger partial charge < -0.3 is 10.1 Å². The summed E-state index contributed by atoms with van der Waals surface area (Å²) in [7, 11) is 0. The molecule has 0 saturated carbocycles. The minimum Gasteiger partial charge on any atom is -0.492 e. The van der Waals surface area contributed by atoms with Crippen LogP contribution in [0.5, 0.6) is 5.75 Å². The molecule has 0 aliphatic heterocycles. The average molecular weight is 378 g/mol. The minimum absolute atomic E-state index is 0.0398. The van der Waals surface area contributed by atoms with Crippen LogP contribution in [0.25, 0.3) is 11.1 Å². The van der Waals surface area contributed by atoms with Gasteiger partial charge in [-0.25, -0.2) is 0 Å². The van der Waals surface area contributed by atoms with E-state index in [4.69, 9.17) is 4.74 Å². The highest BCUT2D eigenvalue weighted by Crippen LogP contribution is 2.49. The minimum atomic E-state index is -0.177. The Kier molecular flexibility index (Phi) is 6.23. The fraction of sp³-hybridized carbons (Fsp3) is 0.400. The number of unbranched alkanes of at least 4 members (excludes halogenated alkanes) is 2. The molecule has 0 saturated heterocycles. The van der Waals surface area contributed by atoms with Gasteiger partial charge in [-0.3, -0.25) is 4.79 Å². The highest BCUT2D eigenvalue weighted by molar-refractivity contribution is 5.86. The molecule has 2 aromatic carbocycles. The third-order valence-corrected chi connectivity index (χ3v) is 5.64. The largest absolute Gasteiger partial charge is 0.492 e. The van der Waals surface area contributed by atoms with Gasteiger partial charge in [-0.15, -0.1) is 0 Å². The highest BCUT2D eigenvalue weighted by Gasteiger charge is 2.35. The second kappa shape index (κ2) is 8.64. The maximum Gasteiger partial charge on any atom is 0.243 e. The molecule has 1 aliphatic rings. The van der Waals surface area contributed by atoms with E-state index in [1.807, 2.05) is 6.07 Å². The molecule has 1 aliphatic carbocycles. The number of ether oxygens (including phenoxy) is 1. The first kappa shape index (κ1) is 20.2. The Morgan fingerprint density at radius 3 is 2.54 bits per heavy atom. The first-order valence-corrected chi connectivity index (χ1v) is 10.3. The molecule has 1 N–H and O–H groups in total. The lowest BCUT2D eigenvalue weighted by Crippen LogP contribution is -2.26. The third-order valence-electron chi connectivity index (χ3n) is 5.64. The zero-order valence-electron chi connectivity index (χ0n) is 17.3. The number of aryl methyl sites for hydroxylation is 1. The van der Waals surface area contributed by atoms with E-state index in [-0.39, 0.29) is 11.3 Å². The van der Waals surface area contributed by atoms with E-state index >= 15 is 0 Å². The Hall–Kier alpha value is -2.55. The van der Waals surface area contributed by atoms with Crippen LogP contribution >= 0.6 is 0 Å². The summed E-state index contributed by atoms with van der Waals surface area (Å²) in [5, 5.41) is 2.73. The predicted octanol–water partition coefficient (Wildman–Crippen LogP) is 5.41. The Morgan fingerprint density at radius 1 is 1.11 bits per heavy atom. The van der Waals surface area contributed by atoms with Crippen molar-refractivity contribution in [3.63, 3.8) is 0 Å². The summed E-state index contributed by atoms with van der Waals surface area (Å²) in [4.78, 5) is 11.2. The third kappa shape index (κ3) is 4.14. The van der Waals surface area contributed by atoms with Gasteiger partial charge in [0, 0.05) is 5.41 Å². The first-order valence-electron chi connectivity index (χ1n) is 10.3. The fourth-order valence-corrected chi connectivity index (χ4v) is 4.00. The molecule has 0 fully saturated rings. The molecule has 0 aromatic heterocycles. The molecule has 1 amide bonds. The Bertz CT molecular complexity index is 867. The molecule has 0 spiro atoms. The van der Waals surface area contributed by atoms with Gasteiger partial charge in [0.2, 0.25) is 5.91 Å². The van der Waals surface area contributed by atoms with Crippen LogP contribution in [-0.2, 0) is 16.6 Å². The summed E-state index contributed by atoms with van der Waals surface area (Å²) in [6, 6.07) is 13.3. The smallest absolute Gasteiger partial charge is 0.243 e. The van der Waals surface area contributed by atoms with Gasteiger partial charge in [0.25, 0.3) is 0 Å². The summed E-state index contributed by atoms with van der Waals surface area (Å²) in [5.41, 5.74) is 6.74. The summed E-state index contributed by atoms with van der Waals surface area (Å²) >= 11 is 0. The number of hydrogen-bond donors (Lipinski definition) is 1. The number of benzene rings is 2. The zero-order valence-corrected chi connectivity index (χ0v) is 17.3. The molecule has 0 unspecified atom stereocenters. The Morgan fingerprint density at radius 2 is 1.82 bits per heavy atom. The van der Waals surface area contributed by atoms with Crippen molar-refractivity contribution >= 4 is 5.91 Å². The van der Waals surface area contributed by atoms with Crippen LogP contribution in [0.1, 0.15) is 56.7 Å². The number of nitrogens with one attached hydrogen (secondary N) is 1. The standard InChI is InChI=1S/C25H31NO2/c1-5-7-8-9-18-10-12-20-21-13-11-19(28-15-14-26-24(27)6-2)17-23(21)25(3,4)22(20)16-18/h6,10-13,16-17H,2,5,7-9,14-15H2,1,3-4H3,(H,26,27). The Labute approximate surface area is 168 Å². The number of fused-ring (bicyclic) bond motifs is 3.